The molecule has 0 radical (unpaired) electrons. The van der Waals surface area contributed by atoms with E-state index in [1.165, 1.54) is 0 Å². The van der Waals surface area contributed by atoms with Crippen LogP contribution in [0.4, 0.5) is 0 Å². The van der Waals surface area contributed by atoms with Gasteiger partial charge in [-0.15, -0.1) is 0 Å². The molecular formula is C14H23NO4. The minimum absolute atomic E-state index is 0.359. The van der Waals surface area contributed by atoms with E-state index in [-0.39, 0.29) is 0 Å². The molecule has 0 amide bonds. The number of carbonyl (C=O) groups is 2. The minimum Gasteiger partial charge on any atom is -0.478 e. The highest BCUT2D eigenvalue weighted by Gasteiger charge is 2.03. The largest absolute Gasteiger partial charge is 0.478 e. The molecule has 108 valence electrons. The van der Waals surface area contributed by atoms with E-state index in [4.69, 9.17) is 10.2 Å². The van der Waals surface area contributed by atoms with Gasteiger partial charge in [-0.2, -0.15) is 0 Å². The molecule has 0 aromatic carbocycles. The van der Waals surface area contributed by atoms with E-state index >= 15 is 0 Å². The Hall–Kier alpha value is -1.62. The molecule has 0 aromatic heterocycles. The molecule has 2 N–H and O–H groups in total. The van der Waals surface area contributed by atoms with Crippen molar-refractivity contribution in [2.45, 2.75) is 33.6 Å². The summed E-state index contributed by atoms with van der Waals surface area (Å²) in [6, 6.07) is 0. The normalized spacial score (nSPS) is 12.8. The summed E-state index contributed by atoms with van der Waals surface area (Å²) in [6.45, 7) is 7.61. The molecule has 0 heterocycles. The summed E-state index contributed by atoms with van der Waals surface area (Å²) in [5, 5.41) is 17.4. The van der Waals surface area contributed by atoms with Crippen molar-refractivity contribution in [3.05, 3.63) is 23.3 Å². The molecule has 0 atom stereocenters. The van der Waals surface area contributed by atoms with Crippen LogP contribution in [-0.2, 0) is 9.59 Å². The van der Waals surface area contributed by atoms with E-state index in [9.17, 15) is 9.59 Å². The van der Waals surface area contributed by atoms with Crippen molar-refractivity contribution < 1.29 is 19.8 Å². The average molecular weight is 269 g/mol. The highest BCUT2D eigenvalue weighted by Crippen LogP contribution is 2.01. The first-order valence-electron chi connectivity index (χ1n) is 6.41. The Morgan fingerprint density at radius 1 is 0.947 bits per heavy atom. The van der Waals surface area contributed by atoms with Gasteiger partial charge in [0.1, 0.15) is 0 Å². The lowest BCUT2D eigenvalue weighted by molar-refractivity contribution is -0.133. The summed E-state index contributed by atoms with van der Waals surface area (Å²) in [5.41, 5.74) is 0.718. The quantitative estimate of drug-likeness (QED) is 0.627. The Bertz CT molecular complexity index is 338. The van der Waals surface area contributed by atoms with Gasteiger partial charge in [-0.05, 0) is 33.2 Å². The van der Waals surface area contributed by atoms with Crippen LogP contribution in [0.25, 0.3) is 0 Å². The Labute approximate surface area is 114 Å². The maximum Gasteiger partial charge on any atom is 0.330 e. The number of rotatable bonds is 9. The fourth-order valence-electron chi connectivity index (χ4n) is 1.53. The molecule has 5 heteroatoms. The molecule has 0 aliphatic carbocycles. The molecule has 0 saturated carbocycles. The van der Waals surface area contributed by atoms with E-state index in [2.05, 4.69) is 4.90 Å². The van der Waals surface area contributed by atoms with Gasteiger partial charge >= 0.3 is 11.9 Å². The van der Waals surface area contributed by atoms with Crippen LogP contribution in [0.5, 0.6) is 0 Å². The standard InChI is InChI=1S/C14H23NO4/c1-4-15(9-5-7-11(2)13(16)17)10-6-8-12(3)14(18)19/h7-8H,4-6,9-10H2,1-3H3,(H,16,17)(H,18,19). The Morgan fingerprint density at radius 2 is 1.32 bits per heavy atom. The van der Waals surface area contributed by atoms with Gasteiger partial charge in [0.15, 0.2) is 0 Å². The summed E-state index contributed by atoms with van der Waals surface area (Å²) in [4.78, 5) is 23.4. The summed E-state index contributed by atoms with van der Waals surface area (Å²) in [7, 11) is 0. The molecule has 0 rings (SSSR count). The van der Waals surface area contributed by atoms with Crippen molar-refractivity contribution >= 4 is 11.9 Å². The fourth-order valence-corrected chi connectivity index (χ4v) is 1.53. The predicted octanol–water partition coefficient (Wildman–Crippen LogP) is 2.15. The smallest absolute Gasteiger partial charge is 0.330 e. The van der Waals surface area contributed by atoms with Crippen LogP contribution in [0.1, 0.15) is 33.6 Å². The average Bonchev–Trinajstić information content (AvgIpc) is 2.35. The van der Waals surface area contributed by atoms with E-state index < -0.39 is 11.9 Å². The second-order valence-corrected chi connectivity index (χ2v) is 4.40. The summed E-state index contributed by atoms with van der Waals surface area (Å²) in [6.07, 6.45) is 4.80. The van der Waals surface area contributed by atoms with Gasteiger partial charge in [0, 0.05) is 24.2 Å². The van der Waals surface area contributed by atoms with Crippen molar-refractivity contribution in [1.82, 2.24) is 4.90 Å². The van der Waals surface area contributed by atoms with Gasteiger partial charge in [-0.3, -0.25) is 0 Å². The highest BCUT2D eigenvalue weighted by atomic mass is 16.4. The Kier molecular flexibility index (Phi) is 8.53. The van der Waals surface area contributed by atoms with Crippen LogP contribution >= 0.6 is 0 Å². The van der Waals surface area contributed by atoms with Crippen LogP contribution in [-0.4, -0.2) is 46.7 Å². The molecule has 0 fully saturated rings. The summed E-state index contributed by atoms with van der Waals surface area (Å²) in [5.74, 6) is -1.77. The van der Waals surface area contributed by atoms with Crippen LogP contribution < -0.4 is 0 Å². The summed E-state index contributed by atoms with van der Waals surface area (Å²) < 4.78 is 0. The summed E-state index contributed by atoms with van der Waals surface area (Å²) >= 11 is 0. The highest BCUT2D eigenvalue weighted by molar-refractivity contribution is 5.86. The lowest BCUT2D eigenvalue weighted by Crippen LogP contribution is -2.25. The second-order valence-electron chi connectivity index (χ2n) is 4.40. The first-order valence-corrected chi connectivity index (χ1v) is 6.41. The van der Waals surface area contributed by atoms with Gasteiger partial charge in [0.2, 0.25) is 0 Å². The van der Waals surface area contributed by atoms with E-state index in [1.807, 2.05) is 6.92 Å². The van der Waals surface area contributed by atoms with Crippen LogP contribution in [0.3, 0.4) is 0 Å². The zero-order valence-electron chi connectivity index (χ0n) is 11.8. The number of nitrogens with zero attached hydrogens (tertiary/aromatic N) is 1. The lowest BCUT2D eigenvalue weighted by atomic mass is 10.2. The van der Waals surface area contributed by atoms with Gasteiger partial charge in [0.25, 0.3) is 0 Å². The molecule has 0 bridgehead atoms. The third-order valence-electron chi connectivity index (χ3n) is 2.91. The number of hydrogen-bond acceptors (Lipinski definition) is 3. The lowest BCUT2D eigenvalue weighted by Gasteiger charge is -2.18. The SMILES string of the molecule is CCN(CCC=C(C)C(=O)O)CCC=C(C)C(=O)O. The Morgan fingerprint density at radius 3 is 1.58 bits per heavy atom. The van der Waals surface area contributed by atoms with E-state index in [0.29, 0.717) is 24.0 Å². The molecule has 5 nitrogen and oxygen atoms in total. The molecular weight excluding hydrogens is 246 g/mol. The van der Waals surface area contributed by atoms with Crippen molar-refractivity contribution in [3.63, 3.8) is 0 Å². The molecule has 0 aromatic rings. The zero-order valence-corrected chi connectivity index (χ0v) is 11.8. The van der Waals surface area contributed by atoms with Crippen molar-refractivity contribution in [1.29, 1.82) is 0 Å². The van der Waals surface area contributed by atoms with Gasteiger partial charge in [-0.25, -0.2) is 9.59 Å². The zero-order chi connectivity index (χ0) is 14.8. The van der Waals surface area contributed by atoms with Crippen LogP contribution in [0, 0.1) is 0 Å². The molecule has 19 heavy (non-hydrogen) atoms. The fraction of sp³-hybridized carbons (Fsp3) is 0.571. The van der Waals surface area contributed by atoms with Crippen LogP contribution in [0.15, 0.2) is 23.3 Å². The van der Waals surface area contributed by atoms with Gasteiger partial charge in [0.05, 0.1) is 0 Å². The number of carboxylic acid groups (broad SMARTS) is 2. The monoisotopic (exact) mass is 269 g/mol. The Balaban J connectivity index is 4.10. The third kappa shape index (κ3) is 8.15. The second kappa shape index (κ2) is 9.33. The first-order chi connectivity index (χ1) is 8.88. The minimum atomic E-state index is -0.886. The van der Waals surface area contributed by atoms with Crippen LogP contribution in [0.2, 0.25) is 0 Å². The van der Waals surface area contributed by atoms with Gasteiger partial charge in [-0.1, -0.05) is 19.1 Å². The maximum atomic E-state index is 10.6. The first kappa shape index (κ1) is 17.4. The van der Waals surface area contributed by atoms with Crippen molar-refractivity contribution in [3.8, 4) is 0 Å². The number of carboxylic acids is 2. The third-order valence-corrected chi connectivity index (χ3v) is 2.91. The topological polar surface area (TPSA) is 77.8 Å². The van der Waals surface area contributed by atoms with Crippen molar-refractivity contribution in [2.75, 3.05) is 19.6 Å². The molecule has 0 aliphatic rings. The van der Waals surface area contributed by atoms with Crippen molar-refractivity contribution in [2.24, 2.45) is 0 Å². The molecule has 0 unspecified atom stereocenters. The van der Waals surface area contributed by atoms with Gasteiger partial charge < -0.3 is 15.1 Å². The predicted molar refractivity (Wildman–Crippen MR) is 74.1 cm³/mol. The van der Waals surface area contributed by atoms with E-state index in [0.717, 1.165) is 19.6 Å². The maximum absolute atomic E-state index is 10.6. The number of aliphatic carboxylic acids is 2. The molecule has 0 spiro atoms. The molecule has 0 saturated heterocycles. The van der Waals surface area contributed by atoms with E-state index in [1.54, 1.807) is 26.0 Å². The number of hydrogen-bond donors (Lipinski definition) is 2. The molecule has 0 aliphatic heterocycles.